The highest BCUT2D eigenvalue weighted by Gasteiger charge is 2.12. The van der Waals surface area contributed by atoms with Crippen LogP contribution in [0.3, 0.4) is 0 Å². The molecule has 0 aliphatic carbocycles. The summed E-state index contributed by atoms with van der Waals surface area (Å²) in [5.41, 5.74) is 2.81. The van der Waals surface area contributed by atoms with E-state index in [4.69, 9.17) is 4.74 Å². The van der Waals surface area contributed by atoms with Gasteiger partial charge < -0.3 is 15.4 Å². The van der Waals surface area contributed by atoms with Crippen LogP contribution in [-0.4, -0.2) is 41.3 Å². The van der Waals surface area contributed by atoms with Crippen molar-refractivity contribution in [2.75, 3.05) is 27.0 Å². The molecule has 2 aromatic carbocycles. The molecule has 0 spiro atoms. The summed E-state index contributed by atoms with van der Waals surface area (Å²) in [6.07, 6.45) is 1.14. The fraction of sp³-hybridized carbons (Fsp3) is 0.350. The van der Waals surface area contributed by atoms with Crippen LogP contribution in [0.15, 0.2) is 58.4 Å². The number of aliphatic imine (C=N–C) groups is 1. The smallest absolute Gasteiger partial charge is 0.191 e. The van der Waals surface area contributed by atoms with E-state index in [-0.39, 0.29) is 6.10 Å². The first-order chi connectivity index (χ1) is 12.8. The van der Waals surface area contributed by atoms with Gasteiger partial charge in [-0.05, 0) is 29.7 Å². The van der Waals surface area contributed by atoms with E-state index in [1.54, 1.807) is 27.1 Å². The van der Waals surface area contributed by atoms with Gasteiger partial charge in [0.05, 0.1) is 11.0 Å². The standard InChI is InChI=1S/C20H27N3O3S/c1-15-12-16(10-11-19(15)27(4,24)25)13-22-20(21-2)23-14-18(26-3)17-8-6-5-7-9-17/h5-12,18H,13-14H2,1-4H3,(H2,21,22,23). The lowest BCUT2D eigenvalue weighted by molar-refractivity contribution is 0.106. The summed E-state index contributed by atoms with van der Waals surface area (Å²) < 4.78 is 29.0. The second kappa shape index (κ2) is 9.53. The van der Waals surface area contributed by atoms with Crippen LogP contribution in [0.25, 0.3) is 0 Å². The van der Waals surface area contributed by atoms with Crippen molar-refractivity contribution >= 4 is 15.8 Å². The zero-order valence-corrected chi connectivity index (χ0v) is 17.0. The Labute approximate surface area is 161 Å². The third-order valence-electron chi connectivity index (χ3n) is 4.23. The molecular weight excluding hydrogens is 362 g/mol. The van der Waals surface area contributed by atoms with Crippen LogP contribution in [0.4, 0.5) is 0 Å². The Morgan fingerprint density at radius 1 is 1.15 bits per heavy atom. The summed E-state index contributed by atoms with van der Waals surface area (Å²) in [7, 11) is 0.184. The number of hydrogen-bond acceptors (Lipinski definition) is 4. The van der Waals surface area contributed by atoms with E-state index in [1.165, 1.54) is 6.26 Å². The van der Waals surface area contributed by atoms with E-state index in [0.717, 1.165) is 16.7 Å². The second-order valence-electron chi connectivity index (χ2n) is 6.31. The summed E-state index contributed by atoms with van der Waals surface area (Å²) in [6, 6.07) is 15.3. The molecule has 0 heterocycles. The number of aryl methyl sites for hydroxylation is 1. The van der Waals surface area contributed by atoms with Gasteiger partial charge in [-0.2, -0.15) is 0 Å². The minimum atomic E-state index is -3.20. The number of methoxy groups -OCH3 is 1. The number of hydrogen-bond donors (Lipinski definition) is 2. The maximum atomic E-state index is 11.7. The van der Waals surface area contributed by atoms with Crippen molar-refractivity contribution in [3.05, 3.63) is 65.2 Å². The zero-order chi connectivity index (χ0) is 19.9. The van der Waals surface area contributed by atoms with Gasteiger partial charge in [0, 0.05) is 33.5 Å². The van der Waals surface area contributed by atoms with Gasteiger partial charge in [0.25, 0.3) is 0 Å². The van der Waals surface area contributed by atoms with Crippen molar-refractivity contribution in [2.24, 2.45) is 4.99 Å². The molecule has 0 aliphatic rings. The van der Waals surface area contributed by atoms with Crippen LogP contribution in [0, 0.1) is 6.92 Å². The fourth-order valence-electron chi connectivity index (χ4n) is 2.84. The minimum Gasteiger partial charge on any atom is -0.375 e. The SMILES string of the molecule is CN=C(NCc1ccc(S(C)(=O)=O)c(C)c1)NCC(OC)c1ccccc1. The van der Waals surface area contributed by atoms with Crippen molar-refractivity contribution in [3.8, 4) is 0 Å². The monoisotopic (exact) mass is 389 g/mol. The van der Waals surface area contributed by atoms with Crippen LogP contribution >= 0.6 is 0 Å². The molecule has 0 saturated heterocycles. The lowest BCUT2D eigenvalue weighted by Crippen LogP contribution is -2.39. The minimum absolute atomic E-state index is 0.0824. The summed E-state index contributed by atoms with van der Waals surface area (Å²) in [5.74, 6) is 0.651. The summed E-state index contributed by atoms with van der Waals surface area (Å²) in [4.78, 5) is 4.59. The third kappa shape index (κ3) is 6.08. The average Bonchev–Trinajstić information content (AvgIpc) is 2.64. The summed E-state index contributed by atoms with van der Waals surface area (Å²) >= 11 is 0. The lowest BCUT2D eigenvalue weighted by atomic mass is 10.1. The predicted molar refractivity (Wildman–Crippen MR) is 109 cm³/mol. The molecular formula is C20H27N3O3S. The van der Waals surface area contributed by atoms with Gasteiger partial charge in [0.2, 0.25) is 0 Å². The molecule has 146 valence electrons. The van der Waals surface area contributed by atoms with Gasteiger partial charge in [-0.25, -0.2) is 8.42 Å². The molecule has 0 aromatic heterocycles. The van der Waals surface area contributed by atoms with Crippen LogP contribution in [0.2, 0.25) is 0 Å². The van der Waals surface area contributed by atoms with Crippen LogP contribution < -0.4 is 10.6 Å². The molecule has 1 atom stereocenters. The van der Waals surface area contributed by atoms with Gasteiger partial charge in [-0.15, -0.1) is 0 Å². The molecule has 2 N–H and O–H groups in total. The van der Waals surface area contributed by atoms with E-state index in [0.29, 0.717) is 23.9 Å². The van der Waals surface area contributed by atoms with Crippen LogP contribution in [-0.2, 0) is 21.1 Å². The highest BCUT2D eigenvalue weighted by molar-refractivity contribution is 7.90. The van der Waals surface area contributed by atoms with Gasteiger partial charge in [0.15, 0.2) is 15.8 Å². The van der Waals surface area contributed by atoms with E-state index in [2.05, 4.69) is 15.6 Å². The van der Waals surface area contributed by atoms with Crippen molar-refractivity contribution in [1.29, 1.82) is 0 Å². The Kier molecular flexibility index (Phi) is 7.38. The van der Waals surface area contributed by atoms with Crippen molar-refractivity contribution in [2.45, 2.75) is 24.5 Å². The molecule has 0 saturated carbocycles. The predicted octanol–water partition coefficient (Wildman–Crippen LogP) is 2.45. The molecule has 0 amide bonds. The molecule has 1 unspecified atom stereocenters. The molecule has 27 heavy (non-hydrogen) atoms. The zero-order valence-electron chi connectivity index (χ0n) is 16.2. The number of nitrogens with one attached hydrogen (secondary N) is 2. The normalized spacial score (nSPS) is 13.3. The molecule has 0 radical (unpaired) electrons. The number of guanidine groups is 1. The molecule has 0 fully saturated rings. The van der Waals surface area contributed by atoms with E-state index >= 15 is 0 Å². The topological polar surface area (TPSA) is 79.8 Å². The highest BCUT2D eigenvalue weighted by Crippen LogP contribution is 2.17. The van der Waals surface area contributed by atoms with Crippen LogP contribution in [0.5, 0.6) is 0 Å². The Morgan fingerprint density at radius 3 is 2.41 bits per heavy atom. The number of rotatable bonds is 7. The Morgan fingerprint density at radius 2 is 1.85 bits per heavy atom. The first-order valence-corrected chi connectivity index (χ1v) is 10.6. The Hall–Kier alpha value is -2.38. The molecule has 2 rings (SSSR count). The Bertz CT molecular complexity index is 881. The largest absolute Gasteiger partial charge is 0.375 e. The molecule has 2 aromatic rings. The van der Waals surface area contributed by atoms with Gasteiger partial charge in [0.1, 0.15) is 0 Å². The van der Waals surface area contributed by atoms with E-state index in [9.17, 15) is 8.42 Å². The van der Waals surface area contributed by atoms with Gasteiger partial charge in [-0.1, -0.05) is 42.5 Å². The van der Waals surface area contributed by atoms with E-state index < -0.39 is 9.84 Å². The van der Waals surface area contributed by atoms with Crippen molar-refractivity contribution in [3.63, 3.8) is 0 Å². The van der Waals surface area contributed by atoms with Crippen LogP contribution in [0.1, 0.15) is 22.8 Å². The second-order valence-corrected chi connectivity index (χ2v) is 8.30. The van der Waals surface area contributed by atoms with E-state index in [1.807, 2.05) is 42.5 Å². The Balaban J connectivity index is 1.95. The summed E-state index contributed by atoms with van der Waals surface area (Å²) in [6.45, 7) is 2.91. The maximum Gasteiger partial charge on any atom is 0.191 e. The highest BCUT2D eigenvalue weighted by atomic mass is 32.2. The number of benzene rings is 2. The number of sulfone groups is 1. The van der Waals surface area contributed by atoms with Crippen molar-refractivity contribution in [1.82, 2.24) is 10.6 Å². The maximum absolute atomic E-state index is 11.7. The third-order valence-corrected chi connectivity index (χ3v) is 5.49. The van der Waals surface area contributed by atoms with Crippen molar-refractivity contribution < 1.29 is 13.2 Å². The average molecular weight is 390 g/mol. The fourth-order valence-corrected chi connectivity index (χ4v) is 3.80. The molecule has 7 heteroatoms. The van der Waals surface area contributed by atoms with Gasteiger partial charge in [-0.3, -0.25) is 4.99 Å². The lowest BCUT2D eigenvalue weighted by Gasteiger charge is -2.19. The number of ether oxygens (including phenoxy) is 1. The molecule has 0 aliphatic heterocycles. The first-order valence-electron chi connectivity index (χ1n) is 8.67. The van der Waals surface area contributed by atoms with Gasteiger partial charge >= 0.3 is 0 Å². The quantitative estimate of drug-likeness (QED) is 0.562. The first kappa shape index (κ1) is 20.9. The summed E-state index contributed by atoms with van der Waals surface area (Å²) in [5, 5.41) is 6.49. The number of nitrogens with zero attached hydrogens (tertiary/aromatic N) is 1. The molecule has 0 bridgehead atoms. The molecule has 6 nitrogen and oxygen atoms in total.